The number of benzene rings is 1. The summed E-state index contributed by atoms with van der Waals surface area (Å²) in [5, 5.41) is 12.5. The summed E-state index contributed by atoms with van der Waals surface area (Å²) in [5.74, 6) is 1.32. The third-order valence-corrected chi connectivity index (χ3v) is 5.26. The second kappa shape index (κ2) is 6.58. The van der Waals surface area contributed by atoms with E-state index < -0.39 is 0 Å². The van der Waals surface area contributed by atoms with Gasteiger partial charge in [-0.1, -0.05) is 47.3 Å². The van der Waals surface area contributed by atoms with E-state index in [0.717, 1.165) is 25.1 Å². The highest BCUT2D eigenvalue weighted by molar-refractivity contribution is 7.10. The van der Waals surface area contributed by atoms with Crippen LogP contribution in [0.15, 0.2) is 28.7 Å². The molecular formula is C16H16ClN5OS. The van der Waals surface area contributed by atoms with Crippen LogP contribution in [-0.2, 0) is 25.9 Å². The van der Waals surface area contributed by atoms with Gasteiger partial charge < -0.3 is 4.42 Å². The maximum absolute atomic E-state index is 6.19. The Morgan fingerprint density at radius 1 is 1.25 bits per heavy atom. The monoisotopic (exact) mass is 361 g/mol. The number of hydrogen-bond donors (Lipinski definition) is 0. The van der Waals surface area contributed by atoms with E-state index in [1.165, 1.54) is 22.7 Å². The zero-order valence-corrected chi connectivity index (χ0v) is 14.7. The average Bonchev–Trinajstić information content (AvgIpc) is 3.24. The largest absolute Gasteiger partial charge is 0.424 e. The van der Waals surface area contributed by atoms with Gasteiger partial charge in [-0.2, -0.15) is 0 Å². The molecule has 1 aliphatic rings. The number of rotatable bonds is 4. The Hall–Kier alpha value is -1.83. The van der Waals surface area contributed by atoms with Crippen LogP contribution in [0, 0.1) is 0 Å². The number of aromatic nitrogens is 4. The van der Waals surface area contributed by atoms with Gasteiger partial charge in [0.25, 0.3) is 0 Å². The van der Waals surface area contributed by atoms with Gasteiger partial charge in [0.2, 0.25) is 11.8 Å². The third kappa shape index (κ3) is 2.94. The summed E-state index contributed by atoms with van der Waals surface area (Å²) in [6.45, 7) is 3.41. The zero-order valence-electron chi connectivity index (χ0n) is 13.1. The quantitative estimate of drug-likeness (QED) is 0.709. The lowest BCUT2D eigenvalue weighted by atomic mass is 9.94. The van der Waals surface area contributed by atoms with Gasteiger partial charge in [-0.3, -0.25) is 4.90 Å². The van der Waals surface area contributed by atoms with E-state index in [1.54, 1.807) is 0 Å². The first-order valence-electron chi connectivity index (χ1n) is 7.84. The minimum atomic E-state index is 0.0190. The fourth-order valence-corrected chi connectivity index (χ4v) is 3.63. The summed E-state index contributed by atoms with van der Waals surface area (Å²) in [6, 6.07) is 8.47. The van der Waals surface area contributed by atoms with Crippen molar-refractivity contribution in [2.24, 2.45) is 0 Å². The lowest BCUT2D eigenvalue weighted by Crippen LogP contribution is -2.34. The molecule has 1 atom stereocenters. The highest BCUT2D eigenvalue weighted by Crippen LogP contribution is 2.34. The minimum Gasteiger partial charge on any atom is -0.424 e. The number of nitrogens with zero attached hydrogens (tertiary/aromatic N) is 5. The summed E-state index contributed by atoms with van der Waals surface area (Å²) in [4.78, 5) is 2.28. The van der Waals surface area contributed by atoms with Crippen LogP contribution in [-0.4, -0.2) is 24.7 Å². The van der Waals surface area contributed by atoms with E-state index in [-0.39, 0.29) is 6.04 Å². The molecule has 24 heavy (non-hydrogen) atoms. The van der Waals surface area contributed by atoms with Crippen LogP contribution < -0.4 is 0 Å². The number of fused-ring (bicyclic) bond motifs is 1. The molecule has 3 aromatic rings. The molecule has 4 rings (SSSR count). The summed E-state index contributed by atoms with van der Waals surface area (Å²) < 4.78 is 10.4. The molecule has 0 radical (unpaired) electrons. The van der Waals surface area contributed by atoms with Crippen LogP contribution in [0.3, 0.4) is 0 Å². The lowest BCUT2D eigenvalue weighted by Gasteiger charge is -2.34. The van der Waals surface area contributed by atoms with Gasteiger partial charge in [-0.05, 0) is 17.5 Å². The van der Waals surface area contributed by atoms with Crippen LogP contribution >= 0.6 is 23.1 Å². The predicted octanol–water partition coefficient (Wildman–Crippen LogP) is 3.44. The molecule has 124 valence electrons. The second-order valence-electron chi connectivity index (χ2n) is 5.77. The van der Waals surface area contributed by atoms with Crippen LogP contribution in [0.1, 0.15) is 41.6 Å². The zero-order chi connectivity index (χ0) is 16.5. The van der Waals surface area contributed by atoms with Gasteiger partial charge in [0, 0.05) is 31.0 Å². The first-order chi connectivity index (χ1) is 11.7. The third-order valence-electron chi connectivity index (χ3n) is 4.28. The standard InChI is InChI=1S/C16H16ClN5OS/c1-2-14-19-20-16(23-14)13-7-10-5-3-4-6-11(10)8-22(13)9-12-15(17)24-21-18-12/h3-6,13H,2,7-9H2,1H3. The molecule has 0 bridgehead atoms. The topological polar surface area (TPSA) is 67.9 Å². The molecule has 0 fully saturated rings. The van der Waals surface area contributed by atoms with Crippen LogP contribution in [0.2, 0.25) is 4.34 Å². The van der Waals surface area contributed by atoms with Crippen molar-refractivity contribution in [3.05, 3.63) is 57.2 Å². The van der Waals surface area contributed by atoms with Gasteiger partial charge in [-0.25, -0.2) is 0 Å². The second-order valence-corrected chi connectivity index (χ2v) is 7.13. The molecule has 3 heterocycles. The van der Waals surface area contributed by atoms with Gasteiger partial charge in [0.05, 0.1) is 6.04 Å². The molecule has 0 saturated carbocycles. The number of halogens is 1. The lowest BCUT2D eigenvalue weighted by molar-refractivity contribution is 0.135. The average molecular weight is 362 g/mol. The summed E-state index contributed by atoms with van der Waals surface area (Å²) in [7, 11) is 0. The molecular weight excluding hydrogens is 346 g/mol. The van der Waals surface area contributed by atoms with Gasteiger partial charge in [-0.15, -0.1) is 15.3 Å². The number of aryl methyl sites for hydroxylation is 1. The molecule has 1 aliphatic heterocycles. The smallest absolute Gasteiger partial charge is 0.233 e. The SMILES string of the molecule is CCc1nnc(C2Cc3ccccc3CN2Cc2nnsc2Cl)o1. The van der Waals surface area contributed by atoms with Gasteiger partial charge in [0.15, 0.2) is 0 Å². The van der Waals surface area contributed by atoms with Crippen molar-refractivity contribution < 1.29 is 4.42 Å². The van der Waals surface area contributed by atoms with Crippen molar-refractivity contribution in [3.63, 3.8) is 0 Å². The molecule has 0 N–H and O–H groups in total. The Balaban J connectivity index is 1.68. The highest BCUT2D eigenvalue weighted by Gasteiger charge is 2.32. The predicted molar refractivity (Wildman–Crippen MR) is 90.7 cm³/mol. The first-order valence-corrected chi connectivity index (χ1v) is 8.99. The molecule has 0 spiro atoms. The fraction of sp³-hybridized carbons (Fsp3) is 0.375. The van der Waals surface area contributed by atoms with Gasteiger partial charge in [0.1, 0.15) is 10.0 Å². The van der Waals surface area contributed by atoms with E-state index in [9.17, 15) is 0 Å². The van der Waals surface area contributed by atoms with Crippen LogP contribution in [0.4, 0.5) is 0 Å². The van der Waals surface area contributed by atoms with Crippen molar-refractivity contribution in [1.82, 2.24) is 24.7 Å². The number of hydrogen-bond acceptors (Lipinski definition) is 7. The molecule has 8 heteroatoms. The molecule has 0 aliphatic carbocycles. The molecule has 2 aromatic heterocycles. The normalized spacial score (nSPS) is 17.8. The Kier molecular flexibility index (Phi) is 4.30. The maximum Gasteiger partial charge on any atom is 0.233 e. The van der Waals surface area contributed by atoms with E-state index in [1.807, 2.05) is 6.92 Å². The fourth-order valence-electron chi connectivity index (χ4n) is 3.01. The van der Waals surface area contributed by atoms with Crippen LogP contribution in [0.5, 0.6) is 0 Å². The summed E-state index contributed by atoms with van der Waals surface area (Å²) in [5.41, 5.74) is 3.42. The Morgan fingerprint density at radius 2 is 2.08 bits per heavy atom. The van der Waals surface area contributed by atoms with E-state index in [4.69, 9.17) is 16.0 Å². The molecule has 6 nitrogen and oxygen atoms in total. The summed E-state index contributed by atoms with van der Waals surface area (Å²) >= 11 is 7.40. The highest BCUT2D eigenvalue weighted by atomic mass is 35.5. The van der Waals surface area contributed by atoms with E-state index in [2.05, 4.69) is 48.9 Å². The Bertz CT molecular complexity index is 848. The van der Waals surface area contributed by atoms with Crippen molar-refractivity contribution >= 4 is 23.1 Å². The van der Waals surface area contributed by atoms with Crippen molar-refractivity contribution in [1.29, 1.82) is 0 Å². The van der Waals surface area contributed by atoms with E-state index >= 15 is 0 Å². The van der Waals surface area contributed by atoms with Crippen molar-refractivity contribution in [2.45, 2.75) is 38.9 Å². The molecule has 1 unspecified atom stereocenters. The Labute approximate surface area is 148 Å². The van der Waals surface area contributed by atoms with Crippen molar-refractivity contribution in [2.75, 3.05) is 0 Å². The molecule has 0 saturated heterocycles. The van der Waals surface area contributed by atoms with E-state index in [0.29, 0.717) is 22.7 Å². The minimum absolute atomic E-state index is 0.0190. The van der Waals surface area contributed by atoms with Crippen molar-refractivity contribution in [3.8, 4) is 0 Å². The van der Waals surface area contributed by atoms with Gasteiger partial charge >= 0.3 is 0 Å². The maximum atomic E-state index is 6.19. The first kappa shape index (κ1) is 15.7. The van der Waals surface area contributed by atoms with Crippen LogP contribution in [0.25, 0.3) is 0 Å². The summed E-state index contributed by atoms with van der Waals surface area (Å²) in [6.07, 6.45) is 1.56. The molecule has 1 aromatic carbocycles. The Morgan fingerprint density at radius 3 is 2.79 bits per heavy atom. The molecule has 0 amide bonds.